The largest absolute Gasteiger partial charge is 0.481 e. The van der Waals surface area contributed by atoms with E-state index in [1.165, 1.54) is 0 Å². The molecule has 0 unspecified atom stereocenters. The molecule has 0 saturated heterocycles. The highest BCUT2D eigenvalue weighted by Crippen LogP contribution is 2.24. The van der Waals surface area contributed by atoms with Gasteiger partial charge in [-0.15, -0.1) is 0 Å². The van der Waals surface area contributed by atoms with E-state index in [0.717, 1.165) is 16.7 Å². The second-order valence-corrected chi connectivity index (χ2v) is 7.97. The first kappa shape index (κ1) is 20.7. The van der Waals surface area contributed by atoms with Crippen LogP contribution in [-0.4, -0.2) is 22.6 Å². The molecule has 2 aromatic carbocycles. The van der Waals surface area contributed by atoms with Crippen molar-refractivity contribution in [2.24, 2.45) is 11.8 Å². The summed E-state index contributed by atoms with van der Waals surface area (Å²) in [5, 5.41) is 9.22. The van der Waals surface area contributed by atoms with E-state index >= 15 is 0 Å². The third-order valence-electron chi connectivity index (χ3n) is 4.34. The molecule has 0 aromatic heterocycles. The Hall–Kier alpha value is -2.62. The van der Waals surface area contributed by atoms with E-state index < -0.39 is 23.4 Å². The van der Waals surface area contributed by atoms with Crippen LogP contribution in [0.2, 0.25) is 0 Å². The van der Waals surface area contributed by atoms with Crippen molar-refractivity contribution < 1.29 is 19.4 Å². The van der Waals surface area contributed by atoms with E-state index in [9.17, 15) is 14.7 Å². The average molecular weight is 368 g/mol. The molecule has 0 aliphatic carbocycles. The molecule has 2 atom stereocenters. The lowest BCUT2D eigenvalue weighted by Gasteiger charge is -2.25. The molecule has 0 aliphatic heterocycles. The highest BCUT2D eigenvalue weighted by molar-refractivity contribution is 5.75. The zero-order valence-corrected chi connectivity index (χ0v) is 16.4. The molecule has 2 aromatic rings. The van der Waals surface area contributed by atoms with Gasteiger partial charge < -0.3 is 9.84 Å². The van der Waals surface area contributed by atoms with Crippen LogP contribution in [0.5, 0.6) is 0 Å². The summed E-state index contributed by atoms with van der Waals surface area (Å²) in [6.45, 7) is 7.07. The molecule has 0 heterocycles. The van der Waals surface area contributed by atoms with Gasteiger partial charge in [0.15, 0.2) is 0 Å². The van der Waals surface area contributed by atoms with Crippen molar-refractivity contribution in [2.45, 2.75) is 46.1 Å². The van der Waals surface area contributed by atoms with Crippen molar-refractivity contribution in [2.75, 3.05) is 0 Å². The molecule has 144 valence electrons. The number of hydrogen-bond donors (Lipinski definition) is 1. The van der Waals surface area contributed by atoms with Crippen molar-refractivity contribution in [3.8, 4) is 11.1 Å². The third kappa shape index (κ3) is 6.55. The fraction of sp³-hybridized carbons (Fsp3) is 0.391. The second-order valence-electron chi connectivity index (χ2n) is 7.97. The van der Waals surface area contributed by atoms with Crippen LogP contribution in [-0.2, 0) is 20.7 Å². The van der Waals surface area contributed by atoms with Crippen molar-refractivity contribution >= 4 is 11.9 Å². The number of esters is 1. The van der Waals surface area contributed by atoms with Crippen LogP contribution in [0.25, 0.3) is 11.1 Å². The second kappa shape index (κ2) is 8.85. The summed E-state index contributed by atoms with van der Waals surface area (Å²) in [4.78, 5) is 23.8. The number of benzene rings is 2. The predicted octanol–water partition coefficient (Wildman–Crippen LogP) is 4.96. The van der Waals surface area contributed by atoms with Gasteiger partial charge in [-0.25, -0.2) is 0 Å². The standard InChI is InChI=1S/C23H28O4/c1-16(21(24)25)14-20(22(26)27-23(2,3)4)15-17-10-12-19(13-11-17)18-8-6-5-7-9-18/h5-13,16,20H,14-15H2,1-4H3,(H,24,25)/t16-,20+/m1/s1. The molecule has 0 saturated carbocycles. The Morgan fingerprint density at radius 3 is 2.04 bits per heavy atom. The number of carboxylic acids is 1. The molecule has 0 bridgehead atoms. The quantitative estimate of drug-likeness (QED) is 0.701. The number of carboxylic acid groups (broad SMARTS) is 1. The zero-order chi connectivity index (χ0) is 20.0. The van der Waals surface area contributed by atoms with E-state index in [2.05, 4.69) is 0 Å². The smallest absolute Gasteiger partial charge is 0.309 e. The van der Waals surface area contributed by atoms with Gasteiger partial charge in [0.2, 0.25) is 0 Å². The summed E-state index contributed by atoms with van der Waals surface area (Å²) in [6.07, 6.45) is 0.715. The van der Waals surface area contributed by atoms with E-state index in [1.807, 2.05) is 75.4 Å². The van der Waals surface area contributed by atoms with E-state index in [1.54, 1.807) is 6.92 Å². The van der Waals surface area contributed by atoms with Crippen LogP contribution in [0.3, 0.4) is 0 Å². The minimum Gasteiger partial charge on any atom is -0.481 e. The monoisotopic (exact) mass is 368 g/mol. The van der Waals surface area contributed by atoms with Crippen molar-refractivity contribution in [1.82, 2.24) is 0 Å². The SMILES string of the molecule is C[C@H](C[C@@H](Cc1ccc(-c2ccccc2)cc1)C(=O)OC(C)(C)C)C(=O)O. The summed E-state index contributed by atoms with van der Waals surface area (Å²) in [5.74, 6) is -2.34. The van der Waals surface area contributed by atoms with E-state index in [0.29, 0.717) is 6.42 Å². The number of carbonyl (C=O) groups excluding carboxylic acids is 1. The maximum atomic E-state index is 12.6. The molecule has 0 spiro atoms. The van der Waals surface area contributed by atoms with Crippen molar-refractivity contribution in [3.05, 3.63) is 60.2 Å². The number of carbonyl (C=O) groups is 2. The van der Waals surface area contributed by atoms with Gasteiger partial charge in [0.25, 0.3) is 0 Å². The first-order valence-electron chi connectivity index (χ1n) is 9.26. The van der Waals surface area contributed by atoms with Crippen LogP contribution in [0.1, 0.15) is 39.7 Å². The number of aliphatic carboxylic acids is 1. The summed E-state index contributed by atoms with van der Waals surface area (Å²) in [6, 6.07) is 18.1. The minimum absolute atomic E-state index is 0.255. The molecule has 4 heteroatoms. The van der Waals surface area contributed by atoms with Gasteiger partial charge in [-0.3, -0.25) is 9.59 Å². The molecule has 27 heavy (non-hydrogen) atoms. The minimum atomic E-state index is -0.900. The Balaban J connectivity index is 2.16. The Morgan fingerprint density at radius 2 is 1.52 bits per heavy atom. The number of rotatable bonds is 7. The molecule has 1 N–H and O–H groups in total. The highest BCUT2D eigenvalue weighted by atomic mass is 16.6. The first-order chi connectivity index (χ1) is 12.7. The molecule has 2 rings (SSSR count). The molecule has 4 nitrogen and oxygen atoms in total. The van der Waals surface area contributed by atoms with Crippen molar-refractivity contribution in [1.29, 1.82) is 0 Å². The summed E-state index contributed by atoms with van der Waals surface area (Å²) < 4.78 is 5.51. The molecular formula is C23H28O4. The molecule has 0 aliphatic rings. The average Bonchev–Trinajstić information content (AvgIpc) is 2.61. The van der Waals surface area contributed by atoms with Gasteiger partial charge in [0, 0.05) is 0 Å². The van der Waals surface area contributed by atoms with Gasteiger partial charge >= 0.3 is 11.9 Å². The lowest BCUT2D eigenvalue weighted by Crippen LogP contribution is -2.31. The summed E-state index contributed by atoms with van der Waals surface area (Å²) in [7, 11) is 0. The third-order valence-corrected chi connectivity index (χ3v) is 4.34. The van der Waals surface area contributed by atoms with Gasteiger partial charge in [-0.1, -0.05) is 61.5 Å². The van der Waals surface area contributed by atoms with Crippen LogP contribution >= 0.6 is 0 Å². The molecule has 0 radical (unpaired) electrons. The molecule has 0 amide bonds. The number of hydrogen-bond acceptors (Lipinski definition) is 3. The first-order valence-corrected chi connectivity index (χ1v) is 9.26. The lowest BCUT2D eigenvalue weighted by atomic mass is 9.89. The van der Waals surface area contributed by atoms with Crippen LogP contribution in [0.15, 0.2) is 54.6 Å². The maximum absolute atomic E-state index is 12.6. The van der Waals surface area contributed by atoms with Gasteiger partial charge in [-0.05, 0) is 50.3 Å². The van der Waals surface area contributed by atoms with E-state index in [4.69, 9.17) is 4.74 Å². The van der Waals surface area contributed by atoms with Crippen LogP contribution in [0.4, 0.5) is 0 Å². The van der Waals surface area contributed by atoms with Crippen LogP contribution in [0, 0.1) is 11.8 Å². The number of ether oxygens (including phenoxy) is 1. The Labute approximate surface area is 161 Å². The highest BCUT2D eigenvalue weighted by Gasteiger charge is 2.29. The van der Waals surface area contributed by atoms with Gasteiger partial charge in [-0.2, -0.15) is 0 Å². The van der Waals surface area contributed by atoms with Gasteiger partial charge in [0.1, 0.15) is 5.60 Å². The Morgan fingerprint density at radius 1 is 0.963 bits per heavy atom. The topological polar surface area (TPSA) is 63.6 Å². The lowest BCUT2D eigenvalue weighted by molar-refractivity contribution is -0.161. The molecule has 0 fully saturated rings. The normalized spacial score (nSPS) is 13.6. The fourth-order valence-electron chi connectivity index (χ4n) is 2.92. The Kier molecular flexibility index (Phi) is 6.78. The summed E-state index contributed by atoms with van der Waals surface area (Å²) >= 11 is 0. The predicted molar refractivity (Wildman–Crippen MR) is 106 cm³/mol. The van der Waals surface area contributed by atoms with Gasteiger partial charge in [0.05, 0.1) is 11.8 Å². The van der Waals surface area contributed by atoms with Crippen LogP contribution < -0.4 is 0 Å². The zero-order valence-electron chi connectivity index (χ0n) is 16.4. The maximum Gasteiger partial charge on any atom is 0.309 e. The molecular weight excluding hydrogens is 340 g/mol. The van der Waals surface area contributed by atoms with Crippen molar-refractivity contribution in [3.63, 3.8) is 0 Å². The summed E-state index contributed by atoms with van der Waals surface area (Å²) in [5.41, 5.74) is 2.63. The fourth-order valence-corrected chi connectivity index (χ4v) is 2.92. The van der Waals surface area contributed by atoms with E-state index in [-0.39, 0.29) is 12.4 Å². The Bertz CT molecular complexity index is 757.